The molecule has 0 aromatic heterocycles. The molecular weight excluding hydrogens is 288 g/mol. The molecule has 24 heavy (non-hydrogen) atoms. The van der Waals surface area contributed by atoms with Crippen molar-refractivity contribution in [3.8, 4) is 0 Å². The van der Waals surface area contributed by atoms with Crippen molar-refractivity contribution in [2.24, 2.45) is 5.92 Å². The molecule has 0 heteroatoms. The van der Waals surface area contributed by atoms with Gasteiger partial charge in [-0.25, -0.2) is 0 Å². The molecule has 0 spiro atoms. The van der Waals surface area contributed by atoms with E-state index in [9.17, 15) is 0 Å². The Balaban J connectivity index is 1.49. The summed E-state index contributed by atoms with van der Waals surface area (Å²) >= 11 is 0. The van der Waals surface area contributed by atoms with Crippen molar-refractivity contribution >= 4 is 16.8 Å². The van der Waals surface area contributed by atoms with Crippen LogP contribution in [0.25, 0.3) is 16.8 Å². The van der Waals surface area contributed by atoms with Gasteiger partial charge in [0, 0.05) is 5.92 Å². The maximum atomic E-state index is 4.31. The number of fused-ring (bicyclic) bond motifs is 1. The number of allylic oxidation sites excluding steroid dienone is 8. The molecule has 0 bridgehead atoms. The summed E-state index contributed by atoms with van der Waals surface area (Å²) in [6, 6.07) is 15.1. The quantitative estimate of drug-likeness (QED) is 0.558. The van der Waals surface area contributed by atoms with Crippen molar-refractivity contribution in [1.29, 1.82) is 0 Å². The molecule has 2 aliphatic rings. The first-order chi connectivity index (χ1) is 11.8. The Morgan fingerprint density at radius 3 is 2.79 bits per heavy atom. The van der Waals surface area contributed by atoms with Crippen LogP contribution in [0.5, 0.6) is 0 Å². The molecule has 0 nitrogen and oxygen atoms in total. The Morgan fingerprint density at radius 1 is 1.00 bits per heavy atom. The van der Waals surface area contributed by atoms with E-state index in [1.54, 1.807) is 0 Å². The maximum absolute atomic E-state index is 4.31. The summed E-state index contributed by atoms with van der Waals surface area (Å²) in [5.41, 5.74) is 5.42. The van der Waals surface area contributed by atoms with Gasteiger partial charge < -0.3 is 0 Å². The first-order valence-electron chi connectivity index (χ1n) is 8.72. The zero-order valence-electron chi connectivity index (χ0n) is 13.9. The van der Waals surface area contributed by atoms with Crippen LogP contribution in [0.3, 0.4) is 0 Å². The van der Waals surface area contributed by atoms with Gasteiger partial charge in [-0.3, -0.25) is 0 Å². The van der Waals surface area contributed by atoms with Crippen LogP contribution in [0.2, 0.25) is 0 Å². The average molecular weight is 310 g/mol. The molecule has 1 unspecified atom stereocenters. The predicted octanol–water partition coefficient (Wildman–Crippen LogP) is 6.63. The molecule has 1 atom stereocenters. The summed E-state index contributed by atoms with van der Waals surface area (Å²) in [6.45, 7) is 4.31. The highest BCUT2D eigenvalue weighted by atomic mass is 14.2. The van der Waals surface area contributed by atoms with Crippen molar-refractivity contribution in [3.63, 3.8) is 0 Å². The van der Waals surface area contributed by atoms with E-state index in [0.717, 1.165) is 6.42 Å². The lowest BCUT2D eigenvalue weighted by Gasteiger charge is -2.23. The molecule has 0 N–H and O–H groups in total. The van der Waals surface area contributed by atoms with Gasteiger partial charge in [-0.2, -0.15) is 0 Å². The highest BCUT2D eigenvalue weighted by molar-refractivity contribution is 5.84. The van der Waals surface area contributed by atoms with Crippen molar-refractivity contribution in [3.05, 3.63) is 102 Å². The van der Waals surface area contributed by atoms with E-state index in [-0.39, 0.29) is 0 Å². The first-order valence-corrected chi connectivity index (χ1v) is 8.72. The average Bonchev–Trinajstić information content (AvgIpc) is 2.65. The largest absolute Gasteiger partial charge is 0.0952 e. The fraction of sp³-hybridized carbons (Fsp3) is 0.167. The molecule has 2 aliphatic carbocycles. The Hall–Kier alpha value is -2.60. The zero-order chi connectivity index (χ0) is 16.4. The molecule has 0 fully saturated rings. The normalized spacial score (nSPS) is 19.9. The second kappa shape index (κ2) is 6.49. The minimum absolute atomic E-state index is 0.420. The zero-order valence-corrected chi connectivity index (χ0v) is 13.9. The monoisotopic (exact) mass is 310 g/mol. The highest BCUT2D eigenvalue weighted by Gasteiger charge is 2.17. The third-order valence-electron chi connectivity index (χ3n) is 5.02. The molecular formula is C24H22. The minimum atomic E-state index is 0.420. The van der Waals surface area contributed by atoms with E-state index >= 15 is 0 Å². The Labute approximate surface area is 144 Å². The molecule has 0 aliphatic heterocycles. The lowest BCUT2D eigenvalue weighted by molar-refractivity contribution is 0.742. The molecule has 0 amide bonds. The van der Waals surface area contributed by atoms with E-state index in [0.29, 0.717) is 5.92 Å². The van der Waals surface area contributed by atoms with Gasteiger partial charge in [-0.05, 0) is 58.4 Å². The molecule has 0 radical (unpaired) electrons. The number of hydrogen-bond donors (Lipinski definition) is 0. The molecule has 2 aromatic carbocycles. The van der Waals surface area contributed by atoms with Crippen molar-refractivity contribution in [2.45, 2.75) is 19.3 Å². The Bertz CT molecular complexity index is 903. The van der Waals surface area contributed by atoms with Crippen molar-refractivity contribution in [1.82, 2.24) is 0 Å². The second-order valence-electron chi connectivity index (χ2n) is 6.68. The summed E-state index contributed by atoms with van der Waals surface area (Å²) in [6.07, 6.45) is 17.0. The van der Waals surface area contributed by atoms with Gasteiger partial charge in [0.25, 0.3) is 0 Å². The van der Waals surface area contributed by atoms with E-state index in [2.05, 4.69) is 85.5 Å². The van der Waals surface area contributed by atoms with E-state index in [1.165, 1.54) is 45.9 Å². The van der Waals surface area contributed by atoms with Gasteiger partial charge in [-0.15, -0.1) is 0 Å². The van der Waals surface area contributed by atoms with Crippen LogP contribution in [0.4, 0.5) is 0 Å². The van der Waals surface area contributed by atoms with Gasteiger partial charge >= 0.3 is 0 Å². The van der Waals surface area contributed by atoms with Gasteiger partial charge in [-0.1, -0.05) is 79.4 Å². The molecule has 2 aromatic rings. The summed E-state index contributed by atoms with van der Waals surface area (Å²) in [5, 5.41) is 2.57. The van der Waals surface area contributed by atoms with Crippen LogP contribution >= 0.6 is 0 Å². The van der Waals surface area contributed by atoms with E-state index in [4.69, 9.17) is 0 Å². The van der Waals surface area contributed by atoms with Crippen molar-refractivity contribution < 1.29 is 0 Å². The van der Waals surface area contributed by atoms with E-state index < -0.39 is 0 Å². The fourth-order valence-corrected chi connectivity index (χ4v) is 3.55. The van der Waals surface area contributed by atoms with Crippen LogP contribution in [0, 0.1) is 5.92 Å². The fourth-order valence-electron chi connectivity index (χ4n) is 3.55. The van der Waals surface area contributed by atoms with Gasteiger partial charge in [0.15, 0.2) is 0 Å². The lowest BCUT2D eigenvalue weighted by atomic mass is 9.82. The maximum Gasteiger partial charge on any atom is 0.00558 e. The Kier molecular flexibility index (Phi) is 4.04. The molecule has 0 heterocycles. The smallest absolute Gasteiger partial charge is 0.00558 e. The van der Waals surface area contributed by atoms with Crippen LogP contribution in [-0.4, -0.2) is 0 Å². The number of rotatable bonds is 3. The third-order valence-corrected chi connectivity index (χ3v) is 5.02. The Morgan fingerprint density at radius 2 is 1.88 bits per heavy atom. The second-order valence-corrected chi connectivity index (χ2v) is 6.68. The highest BCUT2D eigenvalue weighted by Crippen LogP contribution is 2.33. The van der Waals surface area contributed by atoms with Crippen LogP contribution in [-0.2, 0) is 0 Å². The third kappa shape index (κ3) is 3.05. The number of benzene rings is 2. The van der Waals surface area contributed by atoms with Crippen LogP contribution < -0.4 is 0 Å². The molecule has 118 valence electrons. The SMILES string of the molecule is C=C(/C=C/c1ccc2ccccc2c1)C1C=CC2=C(C=CCC2)C1. The predicted molar refractivity (Wildman–Crippen MR) is 105 cm³/mol. The first kappa shape index (κ1) is 15.0. The van der Waals surface area contributed by atoms with Crippen LogP contribution in [0.1, 0.15) is 24.8 Å². The lowest BCUT2D eigenvalue weighted by Crippen LogP contribution is -2.07. The molecule has 0 saturated carbocycles. The summed E-state index contributed by atoms with van der Waals surface area (Å²) in [7, 11) is 0. The van der Waals surface area contributed by atoms with Crippen LogP contribution in [0.15, 0.2) is 96.1 Å². The van der Waals surface area contributed by atoms with Gasteiger partial charge in [0.1, 0.15) is 0 Å². The summed E-state index contributed by atoms with van der Waals surface area (Å²) in [4.78, 5) is 0. The minimum Gasteiger partial charge on any atom is -0.0952 e. The van der Waals surface area contributed by atoms with Crippen molar-refractivity contribution in [2.75, 3.05) is 0 Å². The van der Waals surface area contributed by atoms with Gasteiger partial charge in [0.2, 0.25) is 0 Å². The summed E-state index contributed by atoms with van der Waals surface area (Å²) < 4.78 is 0. The molecule has 0 saturated heterocycles. The van der Waals surface area contributed by atoms with E-state index in [1.807, 2.05) is 0 Å². The molecule has 4 rings (SSSR count). The summed E-state index contributed by atoms with van der Waals surface area (Å²) in [5.74, 6) is 0.420. The standard InChI is InChI=1S/C24H22/c1-18(22-15-14-21-7-3-5-9-24(21)17-22)10-11-19-12-13-20-6-2-4-8-23(20)16-19/h2,4-6,8-16,22H,1,3,7,17H2/b11-10+. The number of hydrogen-bond acceptors (Lipinski definition) is 0. The topological polar surface area (TPSA) is 0 Å². The van der Waals surface area contributed by atoms with Gasteiger partial charge in [0.05, 0.1) is 0 Å².